The van der Waals surface area contributed by atoms with Gasteiger partial charge in [-0.2, -0.15) is 0 Å². The highest BCUT2D eigenvalue weighted by molar-refractivity contribution is 5.79. The van der Waals surface area contributed by atoms with E-state index in [4.69, 9.17) is 5.73 Å². The summed E-state index contributed by atoms with van der Waals surface area (Å²) in [7, 11) is 0. The molecule has 1 fully saturated rings. The zero-order chi connectivity index (χ0) is 8.10. The van der Waals surface area contributed by atoms with Crippen molar-refractivity contribution in [1.29, 1.82) is 0 Å². The van der Waals surface area contributed by atoms with E-state index in [1.807, 2.05) is 0 Å². The van der Waals surface area contributed by atoms with E-state index in [1.165, 1.54) is 0 Å². The van der Waals surface area contributed by atoms with E-state index >= 15 is 0 Å². The summed E-state index contributed by atoms with van der Waals surface area (Å²) in [4.78, 5) is 11.2. The number of amides is 1. The minimum atomic E-state index is 0.139. The average molecular weight is 157 g/mol. The fraction of sp³-hybridized carbons (Fsp3) is 0.857. The smallest absolute Gasteiger partial charge is 0.224 e. The SMILES string of the molecule is NCCNC(=O)[C@H]1CCNC1. The number of nitrogens with one attached hydrogen (secondary N) is 2. The van der Waals surface area contributed by atoms with Crippen LogP contribution in [-0.2, 0) is 4.79 Å². The summed E-state index contributed by atoms with van der Waals surface area (Å²) in [5, 5.41) is 5.91. The summed E-state index contributed by atoms with van der Waals surface area (Å²) in [6.45, 7) is 2.89. The summed E-state index contributed by atoms with van der Waals surface area (Å²) in [6, 6.07) is 0. The van der Waals surface area contributed by atoms with Crippen LogP contribution in [0, 0.1) is 5.92 Å². The van der Waals surface area contributed by atoms with Crippen LogP contribution in [0.15, 0.2) is 0 Å². The Hall–Kier alpha value is -0.610. The van der Waals surface area contributed by atoms with Crippen molar-refractivity contribution in [1.82, 2.24) is 10.6 Å². The zero-order valence-corrected chi connectivity index (χ0v) is 6.60. The molecule has 0 saturated carbocycles. The molecule has 0 aromatic carbocycles. The Labute approximate surface area is 66.5 Å². The minimum Gasteiger partial charge on any atom is -0.355 e. The number of rotatable bonds is 3. The van der Waals surface area contributed by atoms with Gasteiger partial charge in [0.2, 0.25) is 5.91 Å². The zero-order valence-electron chi connectivity index (χ0n) is 6.60. The summed E-state index contributed by atoms with van der Waals surface area (Å²) in [5.41, 5.74) is 5.25. The molecule has 1 atom stereocenters. The molecule has 0 spiro atoms. The molecule has 1 heterocycles. The molecule has 1 rings (SSSR count). The normalized spacial score (nSPS) is 23.5. The average Bonchev–Trinajstić information content (AvgIpc) is 2.52. The van der Waals surface area contributed by atoms with Crippen molar-refractivity contribution in [3.05, 3.63) is 0 Å². The summed E-state index contributed by atoms with van der Waals surface area (Å²) >= 11 is 0. The monoisotopic (exact) mass is 157 g/mol. The van der Waals surface area contributed by atoms with Gasteiger partial charge in [-0.25, -0.2) is 0 Å². The maximum atomic E-state index is 11.2. The number of hydrogen-bond donors (Lipinski definition) is 3. The van der Waals surface area contributed by atoms with Gasteiger partial charge in [-0.05, 0) is 13.0 Å². The van der Waals surface area contributed by atoms with Gasteiger partial charge in [0, 0.05) is 19.6 Å². The Kier molecular flexibility index (Phi) is 3.32. The van der Waals surface area contributed by atoms with Crippen LogP contribution in [0.1, 0.15) is 6.42 Å². The molecule has 11 heavy (non-hydrogen) atoms. The number of hydrogen-bond acceptors (Lipinski definition) is 3. The predicted octanol–water partition coefficient (Wildman–Crippen LogP) is -1.33. The highest BCUT2D eigenvalue weighted by Crippen LogP contribution is 2.06. The molecule has 0 aliphatic carbocycles. The highest BCUT2D eigenvalue weighted by atomic mass is 16.1. The molecule has 1 saturated heterocycles. The van der Waals surface area contributed by atoms with Gasteiger partial charge in [0.1, 0.15) is 0 Å². The predicted molar refractivity (Wildman–Crippen MR) is 43.0 cm³/mol. The first kappa shape index (κ1) is 8.49. The van der Waals surface area contributed by atoms with Crippen LogP contribution in [-0.4, -0.2) is 32.1 Å². The minimum absolute atomic E-state index is 0.139. The fourth-order valence-electron chi connectivity index (χ4n) is 1.22. The quantitative estimate of drug-likeness (QED) is 0.475. The molecule has 4 heteroatoms. The Balaban J connectivity index is 2.17. The van der Waals surface area contributed by atoms with Crippen molar-refractivity contribution in [2.75, 3.05) is 26.2 Å². The van der Waals surface area contributed by atoms with Gasteiger partial charge in [-0.3, -0.25) is 4.79 Å². The third-order valence-corrected chi connectivity index (χ3v) is 1.87. The van der Waals surface area contributed by atoms with Gasteiger partial charge in [-0.15, -0.1) is 0 Å². The lowest BCUT2D eigenvalue weighted by Crippen LogP contribution is -2.35. The highest BCUT2D eigenvalue weighted by Gasteiger charge is 2.21. The van der Waals surface area contributed by atoms with Crippen LogP contribution in [0.25, 0.3) is 0 Å². The summed E-state index contributed by atoms with van der Waals surface area (Å²) in [6.07, 6.45) is 0.955. The van der Waals surface area contributed by atoms with Gasteiger partial charge < -0.3 is 16.4 Å². The lowest BCUT2D eigenvalue weighted by Gasteiger charge is -2.07. The molecule has 1 aliphatic rings. The molecule has 64 valence electrons. The third kappa shape index (κ3) is 2.48. The Morgan fingerprint density at radius 3 is 3.09 bits per heavy atom. The van der Waals surface area contributed by atoms with Crippen molar-refractivity contribution < 1.29 is 4.79 Å². The molecule has 1 amide bonds. The third-order valence-electron chi connectivity index (χ3n) is 1.87. The molecule has 0 aromatic rings. The lowest BCUT2D eigenvalue weighted by molar-refractivity contribution is -0.124. The summed E-state index contributed by atoms with van der Waals surface area (Å²) in [5.74, 6) is 0.307. The van der Waals surface area contributed by atoms with Crippen molar-refractivity contribution in [3.63, 3.8) is 0 Å². The molecule has 4 N–H and O–H groups in total. The first-order valence-corrected chi connectivity index (χ1v) is 4.03. The summed E-state index contributed by atoms with van der Waals surface area (Å²) < 4.78 is 0. The van der Waals surface area contributed by atoms with Crippen LogP contribution >= 0.6 is 0 Å². The molecule has 0 radical (unpaired) electrons. The number of carbonyl (C=O) groups excluding carboxylic acids is 1. The van der Waals surface area contributed by atoms with E-state index in [2.05, 4.69) is 10.6 Å². The van der Waals surface area contributed by atoms with Crippen LogP contribution in [0.2, 0.25) is 0 Å². The fourth-order valence-corrected chi connectivity index (χ4v) is 1.22. The van der Waals surface area contributed by atoms with Crippen molar-refractivity contribution >= 4 is 5.91 Å². The number of nitrogens with two attached hydrogens (primary N) is 1. The Bertz CT molecular complexity index is 132. The van der Waals surface area contributed by atoms with E-state index in [9.17, 15) is 4.79 Å². The van der Waals surface area contributed by atoms with Crippen molar-refractivity contribution in [3.8, 4) is 0 Å². The van der Waals surface area contributed by atoms with Crippen LogP contribution < -0.4 is 16.4 Å². The topological polar surface area (TPSA) is 67.1 Å². The van der Waals surface area contributed by atoms with Gasteiger partial charge in [0.25, 0.3) is 0 Å². The van der Waals surface area contributed by atoms with E-state index in [0.29, 0.717) is 13.1 Å². The molecule has 1 aliphatic heterocycles. The molecule has 0 unspecified atom stereocenters. The van der Waals surface area contributed by atoms with Crippen LogP contribution in [0.4, 0.5) is 0 Å². The first-order chi connectivity index (χ1) is 5.34. The molecular formula is C7H15N3O. The standard InChI is InChI=1S/C7H15N3O/c8-2-4-10-7(11)6-1-3-9-5-6/h6,9H,1-5,8H2,(H,10,11)/t6-/m0/s1. The Morgan fingerprint density at radius 2 is 2.55 bits per heavy atom. The lowest BCUT2D eigenvalue weighted by atomic mass is 10.1. The van der Waals surface area contributed by atoms with Gasteiger partial charge >= 0.3 is 0 Å². The Morgan fingerprint density at radius 1 is 1.73 bits per heavy atom. The van der Waals surface area contributed by atoms with Crippen LogP contribution in [0.5, 0.6) is 0 Å². The number of carbonyl (C=O) groups is 1. The van der Waals surface area contributed by atoms with Gasteiger partial charge in [-0.1, -0.05) is 0 Å². The van der Waals surface area contributed by atoms with E-state index in [1.54, 1.807) is 0 Å². The second kappa shape index (κ2) is 4.31. The van der Waals surface area contributed by atoms with E-state index in [0.717, 1.165) is 19.5 Å². The largest absolute Gasteiger partial charge is 0.355 e. The second-order valence-corrected chi connectivity index (χ2v) is 2.77. The molecule has 4 nitrogen and oxygen atoms in total. The second-order valence-electron chi connectivity index (χ2n) is 2.77. The van der Waals surface area contributed by atoms with Crippen molar-refractivity contribution in [2.45, 2.75) is 6.42 Å². The van der Waals surface area contributed by atoms with Crippen LogP contribution in [0.3, 0.4) is 0 Å². The van der Waals surface area contributed by atoms with Gasteiger partial charge in [0.05, 0.1) is 5.92 Å². The maximum absolute atomic E-state index is 11.2. The van der Waals surface area contributed by atoms with E-state index in [-0.39, 0.29) is 11.8 Å². The first-order valence-electron chi connectivity index (χ1n) is 4.03. The molecular weight excluding hydrogens is 142 g/mol. The van der Waals surface area contributed by atoms with E-state index < -0.39 is 0 Å². The molecule has 0 aromatic heterocycles. The van der Waals surface area contributed by atoms with Gasteiger partial charge in [0.15, 0.2) is 0 Å². The molecule has 0 bridgehead atoms. The maximum Gasteiger partial charge on any atom is 0.224 e. The van der Waals surface area contributed by atoms with Crippen molar-refractivity contribution in [2.24, 2.45) is 11.7 Å².